The maximum Gasteiger partial charge on any atom is 0.225 e. The van der Waals surface area contributed by atoms with Crippen molar-refractivity contribution in [2.24, 2.45) is 5.92 Å². The van der Waals surface area contributed by atoms with Crippen molar-refractivity contribution in [3.63, 3.8) is 0 Å². The minimum Gasteiger partial charge on any atom is -0.488 e. The first-order valence-corrected chi connectivity index (χ1v) is 7.58. The minimum absolute atomic E-state index is 0.0190. The van der Waals surface area contributed by atoms with E-state index in [9.17, 15) is 4.79 Å². The van der Waals surface area contributed by atoms with Gasteiger partial charge in [-0.2, -0.15) is 0 Å². The Morgan fingerprint density at radius 2 is 2.14 bits per heavy atom. The average Bonchev–Trinajstić information content (AvgIpc) is 2.45. The molecule has 0 aliphatic carbocycles. The van der Waals surface area contributed by atoms with E-state index in [4.69, 9.17) is 9.47 Å². The van der Waals surface area contributed by atoms with Gasteiger partial charge in [-0.3, -0.25) is 4.79 Å². The Kier molecular flexibility index (Phi) is 5.23. The number of rotatable bonds is 4. The number of nitrogens with one attached hydrogen (secondary N) is 1. The lowest BCUT2D eigenvalue weighted by Gasteiger charge is -2.24. The summed E-state index contributed by atoms with van der Waals surface area (Å²) in [5.74, 6) is 0.875. The molecule has 1 unspecified atom stereocenters. The fourth-order valence-corrected chi connectivity index (χ4v) is 2.35. The molecule has 0 aromatic heterocycles. The molecular weight excluding hydrogens is 266 g/mol. The Morgan fingerprint density at radius 1 is 1.38 bits per heavy atom. The van der Waals surface area contributed by atoms with Crippen molar-refractivity contribution in [3.8, 4) is 5.75 Å². The number of amides is 1. The van der Waals surface area contributed by atoms with Crippen LogP contribution in [0, 0.1) is 5.92 Å². The molecular formula is C17H25NO3. The predicted molar refractivity (Wildman–Crippen MR) is 82.2 cm³/mol. The van der Waals surface area contributed by atoms with E-state index in [-0.39, 0.29) is 17.4 Å². The zero-order chi connectivity index (χ0) is 15.3. The standard InChI is InChI=1S/C17H25NO3/c1-17(2,3)21-15-9-5-4-7-13(15)11-18-16(19)14-8-6-10-20-12-14/h4-5,7,9,14H,6,8,10-12H2,1-3H3,(H,18,19). The largest absolute Gasteiger partial charge is 0.488 e. The first-order valence-electron chi connectivity index (χ1n) is 7.58. The Bertz CT molecular complexity index is 473. The van der Waals surface area contributed by atoms with Crippen LogP contribution in [0.1, 0.15) is 39.2 Å². The molecule has 2 rings (SSSR count). The molecule has 0 saturated carbocycles. The summed E-state index contributed by atoms with van der Waals surface area (Å²) in [6, 6.07) is 7.83. The van der Waals surface area contributed by atoms with E-state index < -0.39 is 0 Å². The Balaban J connectivity index is 1.94. The minimum atomic E-state index is -0.253. The van der Waals surface area contributed by atoms with Gasteiger partial charge in [-0.25, -0.2) is 0 Å². The van der Waals surface area contributed by atoms with Crippen molar-refractivity contribution >= 4 is 5.91 Å². The van der Waals surface area contributed by atoms with Crippen molar-refractivity contribution in [2.75, 3.05) is 13.2 Å². The van der Waals surface area contributed by atoms with Crippen LogP contribution in [0.25, 0.3) is 0 Å². The Labute approximate surface area is 126 Å². The number of ether oxygens (including phenoxy) is 2. The van der Waals surface area contributed by atoms with Crippen LogP contribution in [0.3, 0.4) is 0 Å². The summed E-state index contributed by atoms with van der Waals surface area (Å²) in [6.07, 6.45) is 1.87. The van der Waals surface area contributed by atoms with Gasteiger partial charge in [-0.15, -0.1) is 0 Å². The molecule has 21 heavy (non-hydrogen) atoms. The van der Waals surface area contributed by atoms with Crippen molar-refractivity contribution < 1.29 is 14.3 Å². The molecule has 4 heteroatoms. The molecule has 1 amide bonds. The van der Waals surface area contributed by atoms with Crippen LogP contribution in [0.4, 0.5) is 0 Å². The van der Waals surface area contributed by atoms with Gasteiger partial charge in [0.05, 0.1) is 12.5 Å². The second kappa shape index (κ2) is 6.94. The van der Waals surface area contributed by atoms with Gasteiger partial charge in [0.1, 0.15) is 11.4 Å². The summed E-state index contributed by atoms with van der Waals surface area (Å²) in [5, 5.41) is 3.00. The number of hydrogen-bond acceptors (Lipinski definition) is 3. The molecule has 1 aromatic carbocycles. The molecule has 116 valence electrons. The van der Waals surface area contributed by atoms with E-state index in [0.717, 1.165) is 30.8 Å². The van der Waals surface area contributed by atoms with Crippen molar-refractivity contribution in [1.29, 1.82) is 0 Å². The van der Waals surface area contributed by atoms with Gasteiger partial charge in [0, 0.05) is 18.7 Å². The molecule has 1 aliphatic rings. The number of benzene rings is 1. The predicted octanol–water partition coefficient (Wildman–Crippen LogP) is 2.91. The third kappa shape index (κ3) is 5.05. The molecule has 1 N–H and O–H groups in total. The van der Waals surface area contributed by atoms with Gasteiger partial charge in [0.15, 0.2) is 0 Å². The molecule has 0 bridgehead atoms. The maximum atomic E-state index is 12.1. The highest BCUT2D eigenvalue weighted by Gasteiger charge is 2.22. The molecule has 0 spiro atoms. The molecule has 1 saturated heterocycles. The van der Waals surface area contributed by atoms with Crippen LogP contribution in [0.2, 0.25) is 0 Å². The first kappa shape index (κ1) is 15.8. The van der Waals surface area contributed by atoms with Crippen LogP contribution in [0.5, 0.6) is 5.75 Å². The summed E-state index contributed by atoms with van der Waals surface area (Å²) < 4.78 is 11.3. The summed E-state index contributed by atoms with van der Waals surface area (Å²) in [6.45, 7) is 7.84. The third-order valence-electron chi connectivity index (χ3n) is 3.37. The molecule has 1 aliphatic heterocycles. The quantitative estimate of drug-likeness (QED) is 0.928. The highest BCUT2D eigenvalue weighted by molar-refractivity contribution is 5.78. The smallest absolute Gasteiger partial charge is 0.225 e. The molecule has 1 heterocycles. The fourth-order valence-electron chi connectivity index (χ4n) is 2.35. The van der Waals surface area contributed by atoms with E-state index in [2.05, 4.69) is 5.32 Å². The van der Waals surface area contributed by atoms with Crippen LogP contribution >= 0.6 is 0 Å². The Morgan fingerprint density at radius 3 is 2.81 bits per heavy atom. The lowest BCUT2D eigenvalue weighted by atomic mass is 10.0. The van der Waals surface area contributed by atoms with E-state index in [0.29, 0.717) is 13.2 Å². The molecule has 1 atom stereocenters. The summed E-state index contributed by atoms with van der Waals surface area (Å²) in [7, 11) is 0. The van der Waals surface area contributed by atoms with Crippen molar-refractivity contribution in [1.82, 2.24) is 5.32 Å². The average molecular weight is 291 g/mol. The lowest BCUT2D eigenvalue weighted by Crippen LogP contribution is -2.35. The third-order valence-corrected chi connectivity index (χ3v) is 3.37. The van der Waals surface area contributed by atoms with E-state index >= 15 is 0 Å². The number of carbonyl (C=O) groups is 1. The summed E-state index contributed by atoms with van der Waals surface area (Å²) in [4.78, 5) is 12.1. The summed E-state index contributed by atoms with van der Waals surface area (Å²) in [5.41, 5.74) is 0.745. The fraction of sp³-hybridized carbons (Fsp3) is 0.588. The molecule has 1 aromatic rings. The molecule has 0 radical (unpaired) electrons. The van der Waals surface area contributed by atoms with Gasteiger partial charge >= 0.3 is 0 Å². The monoisotopic (exact) mass is 291 g/mol. The van der Waals surface area contributed by atoms with Crippen LogP contribution in [-0.4, -0.2) is 24.7 Å². The number of carbonyl (C=O) groups excluding carboxylic acids is 1. The zero-order valence-corrected chi connectivity index (χ0v) is 13.1. The Hall–Kier alpha value is -1.55. The van der Waals surface area contributed by atoms with Gasteiger partial charge in [0.2, 0.25) is 5.91 Å². The summed E-state index contributed by atoms with van der Waals surface area (Å²) >= 11 is 0. The van der Waals surface area contributed by atoms with E-state index in [1.807, 2.05) is 45.0 Å². The van der Waals surface area contributed by atoms with Crippen LogP contribution in [0.15, 0.2) is 24.3 Å². The van der Waals surface area contributed by atoms with Gasteiger partial charge in [-0.1, -0.05) is 18.2 Å². The topological polar surface area (TPSA) is 47.6 Å². The zero-order valence-electron chi connectivity index (χ0n) is 13.1. The number of hydrogen-bond donors (Lipinski definition) is 1. The second-order valence-electron chi connectivity index (χ2n) is 6.45. The van der Waals surface area contributed by atoms with Crippen molar-refractivity contribution in [3.05, 3.63) is 29.8 Å². The maximum absolute atomic E-state index is 12.1. The van der Waals surface area contributed by atoms with E-state index in [1.54, 1.807) is 0 Å². The normalized spacial score (nSPS) is 19.1. The number of para-hydroxylation sites is 1. The highest BCUT2D eigenvalue weighted by atomic mass is 16.5. The lowest BCUT2D eigenvalue weighted by molar-refractivity contribution is -0.129. The molecule has 4 nitrogen and oxygen atoms in total. The first-order chi connectivity index (χ1) is 9.96. The van der Waals surface area contributed by atoms with Crippen LogP contribution < -0.4 is 10.1 Å². The molecule has 1 fully saturated rings. The van der Waals surface area contributed by atoms with Gasteiger partial charge < -0.3 is 14.8 Å². The van der Waals surface area contributed by atoms with E-state index in [1.165, 1.54) is 0 Å². The van der Waals surface area contributed by atoms with Crippen LogP contribution in [-0.2, 0) is 16.1 Å². The SMILES string of the molecule is CC(C)(C)Oc1ccccc1CNC(=O)C1CCCOC1. The van der Waals surface area contributed by atoms with Crippen molar-refractivity contribution in [2.45, 2.75) is 45.8 Å². The second-order valence-corrected chi connectivity index (χ2v) is 6.45. The highest BCUT2D eigenvalue weighted by Crippen LogP contribution is 2.23. The van der Waals surface area contributed by atoms with Gasteiger partial charge in [0.25, 0.3) is 0 Å². The van der Waals surface area contributed by atoms with Gasteiger partial charge in [-0.05, 0) is 39.7 Å².